The van der Waals surface area contributed by atoms with E-state index in [0.717, 1.165) is 17.1 Å². The Morgan fingerprint density at radius 2 is 2.00 bits per heavy atom. The van der Waals surface area contributed by atoms with E-state index in [1.165, 1.54) is 0 Å². The number of aromatic nitrogens is 3. The van der Waals surface area contributed by atoms with Crippen LogP contribution in [0.5, 0.6) is 0 Å². The van der Waals surface area contributed by atoms with E-state index in [-0.39, 0.29) is 0 Å². The van der Waals surface area contributed by atoms with Crippen LogP contribution in [0.4, 0.5) is 0 Å². The maximum absolute atomic E-state index is 5.53. The topological polar surface area (TPSA) is 56.7 Å². The highest BCUT2D eigenvalue weighted by Gasteiger charge is 2.07. The lowest BCUT2D eigenvalue weighted by Gasteiger charge is -2.01. The lowest BCUT2D eigenvalue weighted by atomic mass is 10.3. The Morgan fingerprint density at radius 1 is 1.29 bits per heavy atom. The van der Waals surface area contributed by atoms with Gasteiger partial charge in [0, 0.05) is 6.54 Å². The van der Waals surface area contributed by atoms with E-state index in [1.54, 1.807) is 4.68 Å². The maximum atomic E-state index is 5.53. The molecule has 4 nitrogen and oxygen atoms in total. The van der Waals surface area contributed by atoms with Gasteiger partial charge < -0.3 is 5.73 Å². The standard InChI is InChI=1S/C10H12N4/c1-8-10(7-11)12-13-14(8)9-5-3-2-4-6-9/h2-6H,7,11H2,1H3. The van der Waals surface area contributed by atoms with E-state index < -0.39 is 0 Å². The molecule has 0 unspecified atom stereocenters. The third-order valence-corrected chi connectivity index (χ3v) is 2.18. The lowest BCUT2D eigenvalue weighted by Crippen LogP contribution is -2.01. The van der Waals surface area contributed by atoms with Gasteiger partial charge in [0.25, 0.3) is 0 Å². The summed E-state index contributed by atoms with van der Waals surface area (Å²) in [5.41, 5.74) is 8.38. The van der Waals surface area contributed by atoms with Gasteiger partial charge in [-0.1, -0.05) is 23.4 Å². The van der Waals surface area contributed by atoms with Crippen LogP contribution in [0.25, 0.3) is 5.69 Å². The van der Waals surface area contributed by atoms with Crippen LogP contribution in [0, 0.1) is 6.92 Å². The Kier molecular flexibility index (Phi) is 2.28. The van der Waals surface area contributed by atoms with Gasteiger partial charge in [-0.05, 0) is 19.1 Å². The molecular formula is C10H12N4. The van der Waals surface area contributed by atoms with Crippen molar-refractivity contribution in [3.05, 3.63) is 41.7 Å². The van der Waals surface area contributed by atoms with E-state index in [4.69, 9.17) is 5.73 Å². The van der Waals surface area contributed by atoms with Crippen LogP contribution in [0.2, 0.25) is 0 Å². The first-order valence-corrected chi connectivity index (χ1v) is 4.49. The smallest absolute Gasteiger partial charge is 0.0996 e. The highest BCUT2D eigenvalue weighted by Crippen LogP contribution is 2.10. The fraction of sp³-hybridized carbons (Fsp3) is 0.200. The molecule has 14 heavy (non-hydrogen) atoms. The average molecular weight is 188 g/mol. The van der Waals surface area contributed by atoms with Gasteiger partial charge in [0.1, 0.15) is 0 Å². The normalized spacial score (nSPS) is 10.4. The predicted octanol–water partition coefficient (Wildman–Crippen LogP) is 1.03. The summed E-state index contributed by atoms with van der Waals surface area (Å²) >= 11 is 0. The molecule has 2 aromatic rings. The highest BCUT2D eigenvalue weighted by atomic mass is 15.4. The monoisotopic (exact) mass is 188 g/mol. The lowest BCUT2D eigenvalue weighted by molar-refractivity contribution is 0.783. The van der Waals surface area contributed by atoms with E-state index in [1.807, 2.05) is 37.3 Å². The molecule has 0 atom stereocenters. The Bertz CT molecular complexity index is 419. The minimum absolute atomic E-state index is 0.429. The Balaban J connectivity index is 2.48. The summed E-state index contributed by atoms with van der Waals surface area (Å²) in [6.07, 6.45) is 0. The van der Waals surface area contributed by atoms with Gasteiger partial charge in [0.15, 0.2) is 0 Å². The zero-order valence-electron chi connectivity index (χ0n) is 8.01. The minimum Gasteiger partial charge on any atom is -0.325 e. The van der Waals surface area contributed by atoms with Gasteiger partial charge in [-0.25, -0.2) is 4.68 Å². The molecule has 1 aromatic heterocycles. The average Bonchev–Trinajstić information content (AvgIpc) is 2.61. The summed E-state index contributed by atoms with van der Waals surface area (Å²) in [5, 5.41) is 8.04. The first-order chi connectivity index (χ1) is 6.83. The van der Waals surface area contributed by atoms with Crippen LogP contribution in [0.15, 0.2) is 30.3 Å². The summed E-state index contributed by atoms with van der Waals surface area (Å²) in [6.45, 7) is 2.40. The third kappa shape index (κ3) is 1.40. The van der Waals surface area contributed by atoms with Crippen LogP contribution in [0.3, 0.4) is 0 Å². The van der Waals surface area contributed by atoms with Gasteiger partial charge in [0.2, 0.25) is 0 Å². The summed E-state index contributed by atoms with van der Waals surface area (Å²) in [6, 6.07) is 9.89. The second-order valence-electron chi connectivity index (χ2n) is 3.07. The van der Waals surface area contributed by atoms with E-state index in [9.17, 15) is 0 Å². The number of rotatable bonds is 2. The van der Waals surface area contributed by atoms with E-state index in [2.05, 4.69) is 10.3 Å². The number of hydrogen-bond acceptors (Lipinski definition) is 3. The summed E-state index contributed by atoms with van der Waals surface area (Å²) in [7, 11) is 0. The molecule has 0 saturated carbocycles. The zero-order chi connectivity index (χ0) is 9.97. The number of para-hydroxylation sites is 1. The number of nitrogens with two attached hydrogens (primary N) is 1. The van der Waals surface area contributed by atoms with Gasteiger partial charge in [0.05, 0.1) is 17.1 Å². The molecule has 4 heteroatoms. The van der Waals surface area contributed by atoms with E-state index >= 15 is 0 Å². The fourth-order valence-electron chi connectivity index (χ4n) is 1.36. The summed E-state index contributed by atoms with van der Waals surface area (Å²) in [5.74, 6) is 0. The van der Waals surface area contributed by atoms with Gasteiger partial charge in [-0.2, -0.15) is 0 Å². The minimum atomic E-state index is 0.429. The molecule has 0 aliphatic heterocycles. The second kappa shape index (κ2) is 3.59. The molecule has 0 amide bonds. The number of hydrogen-bond donors (Lipinski definition) is 1. The van der Waals surface area contributed by atoms with Crippen molar-refractivity contribution < 1.29 is 0 Å². The van der Waals surface area contributed by atoms with Crippen molar-refractivity contribution >= 4 is 0 Å². The molecule has 1 aromatic carbocycles. The summed E-state index contributed by atoms with van der Waals surface area (Å²) in [4.78, 5) is 0. The Hall–Kier alpha value is -1.68. The molecule has 0 fully saturated rings. The zero-order valence-corrected chi connectivity index (χ0v) is 8.01. The molecule has 0 spiro atoms. The molecule has 0 aliphatic carbocycles. The molecule has 1 heterocycles. The molecule has 0 bridgehead atoms. The maximum Gasteiger partial charge on any atom is 0.0996 e. The molecular weight excluding hydrogens is 176 g/mol. The molecule has 0 radical (unpaired) electrons. The molecule has 0 saturated heterocycles. The number of benzene rings is 1. The SMILES string of the molecule is Cc1c(CN)nnn1-c1ccccc1. The van der Waals surface area contributed by atoms with Gasteiger partial charge >= 0.3 is 0 Å². The molecule has 2 rings (SSSR count). The van der Waals surface area contributed by atoms with Crippen LogP contribution in [-0.2, 0) is 6.54 Å². The molecule has 0 aliphatic rings. The fourth-order valence-corrected chi connectivity index (χ4v) is 1.36. The molecule has 72 valence electrons. The quantitative estimate of drug-likeness (QED) is 0.766. The Morgan fingerprint density at radius 3 is 2.57 bits per heavy atom. The largest absolute Gasteiger partial charge is 0.325 e. The first kappa shape index (κ1) is 8.90. The van der Waals surface area contributed by atoms with Crippen LogP contribution >= 0.6 is 0 Å². The highest BCUT2D eigenvalue weighted by molar-refractivity contribution is 5.32. The third-order valence-electron chi connectivity index (χ3n) is 2.18. The van der Waals surface area contributed by atoms with Crippen molar-refractivity contribution in [3.63, 3.8) is 0 Å². The first-order valence-electron chi connectivity index (χ1n) is 4.49. The predicted molar refractivity (Wildman–Crippen MR) is 54.0 cm³/mol. The van der Waals surface area contributed by atoms with Crippen molar-refractivity contribution in [2.24, 2.45) is 5.73 Å². The van der Waals surface area contributed by atoms with Crippen molar-refractivity contribution in [2.75, 3.05) is 0 Å². The second-order valence-corrected chi connectivity index (χ2v) is 3.07. The van der Waals surface area contributed by atoms with Crippen molar-refractivity contribution in [3.8, 4) is 5.69 Å². The summed E-state index contributed by atoms with van der Waals surface area (Å²) < 4.78 is 1.79. The van der Waals surface area contributed by atoms with Crippen molar-refractivity contribution in [2.45, 2.75) is 13.5 Å². The number of nitrogens with zero attached hydrogens (tertiary/aromatic N) is 3. The van der Waals surface area contributed by atoms with E-state index in [0.29, 0.717) is 6.54 Å². The van der Waals surface area contributed by atoms with Crippen LogP contribution < -0.4 is 5.73 Å². The van der Waals surface area contributed by atoms with Gasteiger partial charge in [-0.15, -0.1) is 5.10 Å². The van der Waals surface area contributed by atoms with Crippen LogP contribution in [-0.4, -0.2) is 15.0 Å². The van der Waals surface area contributed by atoms with Gasteiger partial charge in [-0.3, -0.25) is 0 Å². The van der Waals surface area contributed by atoms with Crippen LogP contribution in [0.1, 0.15) is 11.4 Å². The Labute approximate surface area is 82.4 Å². The molecule has 2 N–H and O–H groups in total. The van der Waals surface area contributed by atoms with Crippen molar-refractivity contribution in [1.29, 1.82) is 0 Å². The van der Waals surface area contributed by atoms with Crippen molar-refractivity contribution in [1.82, 2.24) is 15.0 Å².